The predicted octanol–water partition coefficient (Wildman–Crippen LogP) is 4.37. The number of para-hydroxylation sites is 2. The molecule has 0 atom stereocenters. The first-order chi connectivity index (χ1) is 20.2. The molecule has 3 heterocycles. The molecule has 0 aliphatic heterocycles. The Morgan fingerprint density at radius 3 is 2.10 bits per heavy atom. The van der Waals surface area contributed by atoms with Crippen LogP contribution in [0.25, 0.3) is 55.9 Å². The van der Waals surface area contributed by atoms with Gasteiger partial charge in [0.05, 0.1) is 72.5 Å². The summed E-state index contributed by atoms with van der Waals surface area (Å²) in [6, 6.07) is 20.5. The van der Waals surface area contributed by atoms with Gasteiger partial charge >= 0.3 is 0 Å². The summed E-state index contributed by atoms with van der Waals surface area (Å²) < 4.78 is 22.6. The Morgan fingerprint density at radius 2 is 1.34 bits per heavy atom. The summed E-state index contributed by atoms with van der Waals surface area (Å²) in [7, 11) is 3.38. The number of fused-ring (bicyclic) bond motifs is 3. The minimum absolute atomic E-state index is 0.0316. The monoisotopic (exact) mass is 554 g/mol. The van der Waals surface area contributed by atoms with Crippen molar-refractivity contribution in [2.24, 2.45) is 0 Å². The summed E-state index contributed by atoms with van der Waals surface area (Å²) in [6.45, 7) is 4.10. The largest absolute Gasteiger partial charge is 0.395 e. The van der Waals surface area contributed by atoms with Gasteiger partial charge < -0.3 is 33.0 Å². The van der Waals surface area contributed by atoms with Crippen LogP contribution >= 0.6 is 0 Å². The fraction of sp³-hybridized carbons (Fsp3) is 0.323. The van der Waals surface area contributed by atoms with E-state index in [-0.39, 0.29) is 6.61 Å². The van der Waals surface area contributed by atoms with Crippen LogP contribution < -0.4 is 0 Å². The molecule has 3 aromatic heterocycles. The van der Waals surface area contributed by atoms with Gasteiger partial charge in [-0.15, -0.1) is 0 Å². The lowest BCUT2D eigenvalue weighted by molar-refractivity contribution is 0.0669. The Balaban J connectivity index is 1.41. The van der Waals surface area contributed by atoms with Crippen LogP contribution in [0.2, 0.25) is 0 Å². The van der Waals surface area contributed by atoms with Gasteiger partial charge in [-0.1, -0.05) is 12.1 Å². The molecular formula is C31H34N6O4. The summed E-state index contributed by atoms with van der Waals surface area (Å²) in [5, 5.41) is 9.78. The molecule has 10 heteroatoms. The van der Waals surface area contributed by atoms with Gasteiger partial charge in [0.25, 0.3) is 0 Å². The van der Waals surface area contributed by atoms with Crippen LogP contribution in [0.5, 0.6) is 0 Å². The van der Waals surface area contributed by atoms with Crippen LogP contribution in [0.4, 0.5) is 0 Å². The minimum atomic E-state index is 0.0316. The first-order valence-electron chi connectivity index (χ1n) is 13.8. The number of aliphatic hydroxyl groups is 1. The van der Waals surface area contributed by atoms with E-state index in [2.05, 4.69) is 43.0 Å². The second-order valence-electron chi connectivity index (χ2n) is 9.83. The number of benzene rings is 3. The SMILES string of the molecule is COCCOCCn1cnc2ccc(-c3nc4ccc(-c5nc6ccccc6n5CCO)cc4n3CCOC)cc21. The van der Waals surface area contributed by atoms with Crippen molar-refractivity contribution >= 4 is 33.1 Å². The summed E-state index contributed by atoms with van der Waals surface area (Å²) >= 11 is 0. The number of imidazole rings is 3. The second kappa shape index (κ2) is 12.2. The Bertz CT molecular complexity index is 1790. The van der Waals surface area contributed by atoms with Crippen molar-refractivity contribution in [2.45, 2.75) is 19.6 Å². The molecule has 0 fully saturated rings. The van der Waals surface area contributed by atoms with Gasteiger partial charge in [-0.2, -0.15) is 0 Å². The summed E-state index contributed by atoms with van der Waals surface area (Å²) in [6.07, 6.45) is 1.85. The molecule has 6 rings (SSSR count). The number of aromatic nitrogens is 6. The van der Waals surface area contributed by atoms with Gasteiger partial charge in [-0.05, 0) is 48.5 Å². The minimum Gasteiger partial charge on any atom is -0.395 e. The van der Waals surface area contributed by atoms with Crippen LogP contribution in [0.1, 0.15) is 0 Å². The first-order valence-corrected chi connectivity index (χ1v) is 13.8. The third-order valence-electron chi connectivity index (χ3n) is 7.29. The predicted molar refractivity (Wildman–Crippen MR) is 159 cm³/mol. The maximum Gasteiger partial charge on any atom is 0.141 e. The van der Waals surface area contributed by atoms with Gasteiger partial charge in [0.2, 0.25) is 0 Å². The van der Waals surface area contributed by atoms with Crippen molar-refractivity contribution in [1.29, 1.82) is 0 Å². The lowest BCUT2D eigenvalue weighted by Crippen LogP contribution is -2.09. The normalized spacial score (nSPS) is 11.9. The molecule has 0 aliphatic carbocycles. The van der Waals surface area contributed by atoms with E-state index in [1.54, 1.807) is 14.2 Å². The van der Waals surface area contributed by atoms with Gasteiger partial charge in [0, 0.05) is 45.0 Å². The van der Waals surface area contributed by atoms with Gasteiger partial charge in [0.1, 0.15) is 11.6 Å². The molecule has 0 bridgehead atoms. The number of methoxy groups -OCH3 is 2. The van der Waals surface area contributed by atoms with E-state index >= 15 is 0 Å². The zero-order valence-electron chi connectivity index (χ0n) is 23.4. The highest BCUT2D eigenvalue weighted by Gasteiger charge is 2.18. The topological polar surface area (TPSA) is 101 Å². The maximum atomic E-state index is 9.78. The number of aliphatic hydroxyl groups excluding tert-OH is 1. The lowest BCUT2D eigenvalue weighted by Gasteiger charge is -2.11. The highest BCUT2D eigenvalue weighted by atomic mass is 16.5. The number of ether oxygens (including phenoxy) is 3. The number of hydrogen-bond acceptors (Lipinski definition) is 7. The molecule has 0 saturated carbocycles. The molecule has 0 unspecified atom stereocenters. The molecule has 0 radical (unpaired) electrons. The van der Waals surface area contributed by atoms with E-state index in [0.29, 0.717) is 46.1 Å². The summed E-state index contributed by atoms with van der Waals surface area (Å²) in [5.74, 6) is 1.69. The Labute approximate surface area is 237 Å². The van der Waals surface area contributed by atoms with Crippen LogP contribution in [-0.4, -0.2) is 81.0 Å². The zero-order chi connectivity index (χ0) is 28.2. The van der Waals surface area contributed by atoms with Crippen LogP contribution in [-0.2, 0) is 33.8 Å². The highest BCUT2D eigenvalue weighted by molar-refractivity contribution is 5.88. The van der Waals surface area contributed by atoms with E-state index in [9.17, 15) is 5.11 Å². The van der Waals surface area contributed by atoms with E-state index in [1.165, 1.54) is 0 Å². The van der Waals surface area contributed by atoms with E-state index in [1.807, 2.05) is 42.7 Å². The van der Waals surface area contributed by atoms with Gasteiger partial charge in [0.15, 0.2) is 0 Å². The number of rotatable bonds is 13. The van der Waals surface area contributed by atoms with Crippen molar-refractivity contribution in [3.05, 3.63) is 67.0 Å². The van der Waals surface area contributed by atoms with Crippen molar-refractivity contribution in [3.8, 4) is 22.8 Å². The van der Waals surface area contributed by atoms with Crippen LogP contribution in [0.3, 0.4) is 0 Å². The molecule has 0 saturated heterocycles. The molecule has 0 spiro atoms. The maximum absolute atomic E-state index is 9.78. The van der Waals surface area contributed by atoms with Gasteiger partial charge in [-0.25, -0.2) is 15.0 Å². The smallest absolute Gasteiger partial charge is 0.141 e. The van der Waals surface area contributed by atoms with Gasteiger partial charge in [-0.3, -0.25) is 0 Å². The summed E-state index contributed by atoms with van der Waals surface area (Å²) in [5.41, 5.74) is 7.71. The van der Waals surface area contributed by atoms with Crippen molar-refractivity contribution < 1.29 is 19.3 Å². The molecule has 6 aromatic rings. The Hall–Kier alpha value is -4.09. The van der Waals surface area contributed by atoms with E-state index < -0.39 is 0 Å². The van der Waals surface area contributed by atoms with Crippen LogP contribution in [0.15, 0.2) is 67.0 Å². The Kier molecular flexibility index (Phi) is 8.06. The third kappa shape index (κ3) is 5.34. The molecule has 41 heavy (non-hydrogen) atoms. The van der Waals surface area contributed by atoms with Crippen molar-refractivity contribution in [3.63, 3.8) is 0 Å². The van der Waals surface area contributed by atoms with E-state index in [4.69, 9.17) is 24.2 Å². The average Bonchev–Trinajstić information content (AvgIpc) is 3.69. The average molecular weight is 555 g/mol. The highest BCUT2D eigenvalue weighted by Crippen LogP contribution is 2.32. The first kappa shape index (κ1) is 27.1. The molecular weight excluding hydrogens is 520 g/mol. The van der Waals surface area contributed by atoms with Crippen molar-refractivity contribution in [1.82, 2.24) is 28.7 Å². The third-order valence-corrected chi connectivity index (χ3v) is 7.29. The standard InChI is InChI=1S/C31H34N6O4/c1-39-15-13-37-29-20-23(30-33-25-5-3-4-6-27(25)36(30)11-14-38)8-10-26(29)34-31(37)22-7-9-24-28(19-22)35(21-32-24)12-16-41-18-17-40-2/h3-10,19-21,38H,11-18H2,1-2H3. The summed E-state index contributed by atoms with van der Waals surface area (Å²) in [4.78, 5) is 14.6. The molecule has 0 aliphatic rings. The van der Waals surface area contributed by atoms with E-state index in [0.717, 1.165) is 55.9 Å². The van der Waals surface area contributed by atoms with Crippen molar-refractivity contribution in [2.75, 3.05) is 47.3 Å². The van der Waals surface area contributed by atoms with Crippen LogP contribution in [0, 0.1) is 0 Å². The second-order valence-corrected chi connectivity index (χ2v) is 9.83. The quantitative estimate of drug-likeness (QED) is 0.212. The lowest BCUT2D eigenvalue weighted by atomic mass is 10.1. The zero-order valence-corrected chi connectivity index (χ0v) is 23.4. The molecule has 212 valence electrons. The molecule has 0 amide bonds. The molecule has 10 nitrogen and oxygen atoms in total. The fourth-order valence-corrected chi connectivity index (χ4v) is 5.29. The fourth-order valence-electron chi connectivity index (χ4n) is 5.29. The Morgan fingerprint density at radius 1 is 0.659 bits per heavy atom. The number of hydrogen-bond donors (Lipinski definition) is 1. The molecule has 3 aromatic carbocycles. The number of nitrogens with zero attached hydrogens (tertiary/aromatic N) is 6. The molecule has 1 N–H and O–H groups in total.